The van der Waals surface area contributed by atoms with Crippen LogP contribution in [0.2, 0.25) is 0 Å². The molecule has 1 N–H and O–H groups in total. The molecule has 2 amide bonds. The molecule has 2 heterocycles. The van der Waals surface area contributed by atoms with Crippen molar-refractivity contribution < 1.29 is 9.59 Å². The fraction of sp³-hybridized carbons (Fsp3) is 0.571. The summed E-state index contributed by atoms with van der Waals surface area (Å²) in [6.45, 7) is 2.24. The van der Waals surface area contributed by atoms with Crippen molar-refractivity contribution in [3.05, 3.63) is 10.6 Å². The van der Waals surface area contributed by atoms with Gasteiger partial charge in [0, 0.05) is 24.8 Å². The SMILES string of the molecule is C[C@H]1CCc2nc(NC(=O)C3=NN(C)C(=O)CC3)sc2C1. The zero-order chi connectivity index (χ0) is 15.0. The Morgan fingerprint density at radius 1 is 1.38 bits per heavy atom. The van der Waals surface area contributed by atoms with E-state index in [9.17, 15) is 9.59 Å². The summed E-state index contributed by atoms with van der Waals surface area (Å²) in [5, 5.41) is 8.71. The summed E-state index contributed by atoms with van der Waals surface area (Å²) in [6.07, 6.45) is 3.90. The molecule has 1 atom stereocenters. The third kappa shape index (κ3) is 2.97. The third-order valence-corrected chi connectivity index (χ3v) is 4.91. The second-order valence-corrected chi connectivity index (χ2v) is 6.74. The molecule has 0 fully saturated rings. The van der Waals surface area contributed by atoms with Crippen molar-refractivity contribution in [1.82, 2.24) is 9.99 Å². The second kappa shape index (κ2) is 5.55. The van der Waals surface area contributed by atoms with E-state index in [0.717, 1.165) is 25.0 Å². The van der Waals surface area contributed by atoms with Gasteiger partial charge in [0.1, 0.15) is 5.71 Å². The number of aromatic nitrogens is 1. The van der Waals surface area contributed by atoms with Crippen molar-refractivity contribution in [3.63, 3.8) is 0 Å². The number of hydrazone groups is 1. The van der Waals surface area contributed by atoms with Crippen LogP contribution in [0.3, 0.4) is 0 Å². The molecule has 0 radical (unpaired) electrons. The minimum absolute atomic E-state index is 0.0646. The lowest BCUT2D eigenvalue weighted by molar-refractivity contribution is -0.130. The number of thiazole rings is 1. The van der Waals surface area contributed by atoms with E-state index in [0.29, 0.717) is 29.6 Å². The molecule has 0 saturated heterocycles. The summed E-state index contributed by atoms with van der Waals surface area (Å²) in [6, 6.07) is 0. The van der Waals surface area contributed by atoms with Gasteiger partial charge in [0.2, 0.25) is 5.91 Å². The molecule has 112 valence electrons. The maximum absolute atomic E-state index is 12.2. The molecule has 1 aliphatic heterocycles. The predicted octanol–water partition coefficient (Wildman–Crippen LogP) is 1.81. The van der Waals surface area contributed by atoms with Crippen LogP contribution in [0, 0.1) is 5.92 Å². The van der Waals surface area contributed by atoms with Crippen molar-refractivity contribution in [2.75, 3.05) is 12.4 Å². The van der Waals surface area contributed by atoms with Crippen LogP contribution in [0.5, 0.6) is 0 Å². The Balaban J connectivity index is 1.71. The minimum Gasteiger partial charge on any atom is -0.297 e. The summed E-state index contributed by atoms with van der Waals surface area (Å²) in [5.74, 6) is 0.364. The number of rotatable bonds is 2. The number of carbonyl (C=O) groups is 2. The Kier molecular flexibility index (Phi) is 3.75. The van der Waals surface area contributed by atoms with Gasteiger partial charge in [0.15, 0.2) is 5.13 Å². The Hall–Kier alpha value is -1.76. The number of nitrogens with zero attached hydrogens (tertiary/aromatic N) is 3. The van der Waals surface area contributed by atoms with Crippen LogP contribution in [-0.2, 0) is 22.4 Å². The number of nitrogens with one attached hydrogen (secondary N) is 1. The summed E-state index contributed by atoms with van der Waals surface area (Å²) in [5.41, 5.74) is 1.50. The van der Waals surface area contributed by atoms with Crippen LogP contribution in [0.1, 0.15) is 36.8 Å². The molecule has 0 bridgehead atoms. The van der Waals surface area contributed by atoms with E-state index in [1.807, 2.05) is 0 Å². The molecule has 0 unspecified atom stereocenters. The Labute approximate surface area is 127 Å². The lowest BCUT2D eigenvalue weighted by Gasteiger charge is -2.18. The van der Waals surface area contributed by atoms with Crippen LogP contribution in [0.15, 0.2) is 5.10 Å². The number of aryl methyl sites for hydroxylation is 1. The van der Waals surface area contributed by atoms with Crippen LogP contribution < -0.4 is 5.32 Å². The quantitative estimate of drug-likeness (QED) is 0.905. The zero-order valence-corrected chi connectivity index (χ0v) is 13.0. The highest BCUT2D eigenvalue weighted by molar-refractivity contribution is 7.16. The number of fused-ring (bicyclic) bond motifs is 1. The summed E-state index contributed by atoms with van der Waals surface area (Å²) in [4.78, 5) is 29.3. The van der Waals surface area contributed by atoms with Crippen molar-refractivity contribution in [2.24, 2.45) is 11.0 Å². The van der Waals surface area contributed by atoms with Gasteiger partial charge < -0.3 is 0 Å². The van der Waals surface area contributed by atoms with Crippen LogP contribution in [0.4, 0.5) is 5.13 Å². The lowest BCUT2D eigenvalue weighted by Crippen LogP contribution is -2.34. The highest BCUT2D eigenvalue weighted by Crippen LogP contribution is 2.32. The molecule has 0 saturated carbocycles. The first-order valence-corrected chi connectivity index (χ1v) is 7.98. The highest BCUT2D eigenvalue weighted by Gasteiger charge is 2.24. The van der Waals surface area contributed by atoms with Gasteiger partial charge in [0.25, 0.3) is 5.91 Å². The smallest absolute Gasteiger partial charge is 0.273 e. The molecular weight excluding hydrogens is 288 g/mol. The largest absolute Gasteiger partial charge is 0.297 e. The first-order chi connectivity index (χ1) is 10.0. The number of hydrogen-bond donors (Lipinski definition) is 1. The van der Waals surface area contributed by atoms with Gasteiger partial charge in [-0.05, 0) is 25.2 Å². The minimum atomic E-state index is -0.256. The van der Waals surface area contributed by atoms with Crippen molar-refractivity contribution in [2.45, 2.75) is 39.0 Å². The Bertz CT molecular complexity index is 622. The number of hydrogen-bond acceptors (Lipinski definition) is 5. The molecule has 21 heavy (non-hydrogen) atoms. The topological polar surface area (TPSA) is 74.7 Å². The third-order valence-electron chi connectivity index (χ3n) is 3.88. The Morgan fingerprint density at radius 2 is 2.19 bits per heavy atom. The Morgan fingerprint density at radius 3 is 2.95 bits per heavy atom. The van der Waals surface area contributed by atoms with Crippen LogP contribution in [0.25, 0.3) is 0 Å². The van der Waals surface area contributed by atoms with Gasteiger partial charge in [-0.15, -0.1) is 11.3 Å². The first-order valence-electron chi connectivity index (χ1n) is 7.17. The number of amides is 2. The average Bonchev–Trinajstić information content (AvgIpc) is 2.83. The molecular formula is C14H18N4O2S. The van der Waals surface area contributed by atoms with Crippen molar-refractivity contribution >= 4 is 34.0 Å². The van der Waals surface area contributed by atoms with E-state index >= 15 is 0 Å². The van der Waals surface area contributed by atoms with E-state index in [-0.39, 0.29) is 11.8 Å². The van der Waals surface area contributed by atoms with E-state index in [1.165, 1.54) is 9.89 Å². The normalized spacial score (nSPS) is 21.8. The first kappa shape index (κ1) is 14.2. The van der Waals surface area contributed by atoms with Gasteiger partial charge in [-0.1, -0.05) is 6.92 Å². The zero-order valence-electron chi connectivity index (χ0n) is 12.2. The molecule has 0 aromatic carbocycles. The van der Waals surface area contributed by atoms with Gasteiger partial charge in [-0.25, -0.2) is 9.99 Å². The monoisotopic (exact) mass is 306 g/mol. The van der Waals surface area contributed by atoms with E-state index in [4.69, 9.17) is 0 Å². The van der Waals surface area contributed by atoms with Gasteiger partial charge in [-0.3, -0.25) is 14.9 Å². The maximum atomic E-state index is 12.2. The number of anilines is 1. The molecule has 2 aliphatic rings. The summed E-state index contributed by atoms with van der Waals surface area (Å²) in [7, 11) is 1.57. The van der Waals surface area contributed by atoms with Gasteiger partial charge in [0.05, 0.1) is 5.69 Å². The van der Waals surface area contributed by atoms with E-state index in [2.05, 4.69) is 22.3 Å². The summed E-state index contributed by atoms with van der Waals surface area (Å²) >= 11 is 1.55. The molecule has 7 heteroatoms. The fourth-order valence-electron chi connectivity index (χ4n) is 2.60. The second-order valence-electron chi connectivity index (χ2n) is 5.66. The molecule has 1 aromatic rings. The van der Waals surface area contributed by atoms with Crippen LogP contribution >= 0.6 is 11.3 Å². The van der Waals surface area contributed by atoms with Crippen molar-refractivity contribution in [3.8, 4) is 0 Å². The maximum Gasteiger partial charge on any atom is 0.273 e. The molecule has 0 spiro atoms. The lowest BCUT2D eigenvalue weighted by atomic mass is 9.93. The van der Waals surface area contributed by atoms with E-state index in [1.54, 1.807) is 18.4 Å². The molecule has 1 aliphatic carbocycles. The fourth-order valence-corrected chi connectivity index (χ4v) is 3.76. The van der Waals surface area contributed by atoms with Crippen LogP contribution in [-0.4, -0.2) is 34.6 Å². The van der Waals surface area contributed by atoms with Crippen molar-refractivity contribution in [1.29, 1.82) is 0 Å². The average molecular weight is 306 g/mol. The highest BCUT2D eigenvalue weighted by atomic mass is 32.1. The molecule has 3 rings (SSSR count). The van der Waals surface area contributed by atoms with Gasteiger partial charge >= 0.3 is 0 Å². The summed E-state index contributed by atoms with van der Waals surface area (Å²) < 4.78 is 0. The standard InChI is InChI=1S/C14H18N4O2S/c1-8-3-4-9-11(7-8)21-14(15-9)16-13(20)10-5-6-12(19)18(2)17-10/h8H,3-7H2,1-2H3,(H,15,16,20)/t8-/m0/s1. The molecule has 1 aromatic heterocycles. The molecule has 6 nitrogen and oxygen atoms in total. The van der Waals surface area contributed by atoms with Gasteiger partial charge in [-0.2, -0.15) is 5.10 Å². The predicted molar refractivity (Wildman–Crippen MR) is 81.4 cm³/mol. The number of carbonyl (C=O) groups excluding carboxylic acids is 2. The van der Waals surface area contributed by atoms with E-state index < -0.39 is 0 Å².